The highest BCUT2D eigenvalue weighted by Crippen LogP contribution is 2.28. The molecule has 23 heavy (non-hydrogen) atoms. The van der Waals surface area contributed by atoms with E-state index in [0.717, 1.165) is 0 Å². The second-order valence-electron chi connectivity index (χ2n) is 4.85. The number of nitrogens with zero attached hydrogens (tertiary/aromatic N) is 2. The van der Waals surface area contributed by atoms with Crippen LogP contribution in [0.4, 0.5) is 0 Å². The number of H-pyrrole nitrogens is 1. The van der Waals surface area contributed by atoms with Crippen LogP contribution in [0.25, 0.3) is 5.69 Å². The molecular formula is C16H14ClN3O3. The number of aromatic nitrogens is 3. The Morgan fingerprint density at radius 3 is 2.70 bits per heavy atom. The van der Waals surface area contributed by atoms with E-state index < -0.39 is 11.8 Å². The lowest BCUT2D eigenvalue weighted by atomic mass is 10.1. The molecule has 0 bridgehead atoms. The van der Waals surface area contributed by atoms with Gasteiger partial charge in [0.25, 0.3) is 0 Å². The van der Waals surface area contributed by atoms with Gasteiger partial charge in [-0.25, -0.2) is 14.5 Å². The van der Waals surface area contributed by atoms with Crippen molar-refractivity contribution < 1.29 is 9.84 Å². The maximum Gasteiger partial charge on any atom is 0.348 e. The molecule has 0 aliphatic heterocycles. The third kappa shape index (κ3) is 2.86. The molecule has 0 saturated heterocycles. The van der Waals surface area contributed by atoms with Crippen molar-refractivity contribution in [1.29, 1.82) is 0 Å². The van der Waals surface area contributed by atoms with Gasteiger partial charge in [-0.2, -0.15) is 5.10 Å². The highest BCUT2D eigenvalue weighted by Gasteiger charge is 2.22. The topological polar surface area (TPSA) is 80.1 Å². The summed E-state index contributed by atoms with van der Waals surface area (Å²) in [6.07, 6.45) is -1.07. The smallest absolute Gasteiger partial charge is 0.348 e. The Morgan fingerprint density at radius 2 is 2.00 bits per heavy atom. The summed E-state index contributed by atoms with van der Waals surface area (Å²) in [5, 5.41) is 17.3. The molecule has 7 heteroatoms. The molecule has 6 nitrogen and oxygen atoms in total. The fourth-order valence-corrected chi connectivity index (χ4v) is 2.51. The molecule has 0 amide bonds. The number of hydrogen-bond donors (Lipinski definition) is 2. The molecule has 2 N–H and O–H groups in total. The van der Waals surface area contributed by atoms with Crippen molar-refractivity contribution in [3.8, 4) is 11.4 Å². The minimum absolute atomic E-state index is 0.154. The Kier molecular flexibility index (Phi) is 4.18. The summed E-state index contributed by atoms with van der Waals surface area (Å²) in [4.78, 5) is 12.2. The number of hydrogen-bond acceptors (Lipinski definition) is 4. The molecule has 0 radical (unpaired) electrons. The molecule has 1 heterocycles. The lowest BCUT2D eigenvalue weighted by molar-refractivity contribution is 0.207. The van der Waals surface area contributed by atoms with Crippen molar-refractivity contribution in [3.05, 3.63) is 75.4 Å². The maximum atomic E-state index is 12.2. The van der Waals surface area contributed by atoms with Crippen LogP contribution >= 0.6 is 11.6 Å². The van der Waals surface area contributed by atoms with Gasteiger partial charge in [-0.1, -0.05) is 41.9 Å². The summed E-state index contributed by atoms with van der Waals surface area (Å²) >= 11 is 6.03. The van der Waals surface area contributed by atoms with Crippen molar-refractivity contribution in [2.24, 2.45) is 0 Å². The van der Waals surface area contributed by atoms with Gasteiger partial charge < -0.3 is 9.84 Å². The average Bonchev–Trinajstić information content (AvgIpc) is 2.96. The van der Waals surface area contributed by atoms with E-state index >= 15 is 0 Å². The number of ether oxygens (including phenoxy) is 1. The van der Waals surface area contributed by atoms with Crippen LogP contribution in [0.15, 0.2) is 53.3 Å². The summed E-state index contributed by atoms with van der Waals surface area (Å²) in [6, 6.07) is 13.8. The third-order valence-electron chi connectivity index (χ3n) is 3.44. The normalized spacial score (nSPS) is 12.1. The van der Waals surface area contributed by atoms with E-state index in [2.05, 4.69) is 10.2 Å². The van der Waals surface area contributed by atoms with Gasteiger partial charge >= 0.3 is 5.69 Å². The number of aromatic amines is 1. The molecular weight excluding hydrogens is 318 g/mol. The largest absolute Gasteiger partial charge is 0.495 e. The van der Waals surface area contributed by atoms with Gasteiger partial charge in [0.05, 0.1) is 12.8 Å². The predicted molar refractivity (Wildman–Crippen MR) is 86.3 cm³/mol. The Morgan fingerprint density at radius 1 is 1.26 bits per heavy atom. The fraction of sp³-hybridized carbons (Fsp3) is 0.125. The molecule has 3 rings (SSSR count). The SMILES string of the molecule is COc1ccc(Cl)cc1-n1c(C(O)c2ccccc2)n[nH]c1=O. The Hall–Kier alpha value is -2.57. The lowest BCUT2D eigenvalue weighted by Gasteiger charge is -2.14. The molecule has 0 fully saturated rings. The highest BCUT2D eigenvalue weighted by atomic mass is 35.5. The van der Waals surface area contributed by atoms with Crippen molar-refractivity contribution in [3.63, 3.8) is 0 Å². The molecule has 1 unspecified atom stereocenters. The molecule has 3 aromatic rings. The predicted octanol–water partition coefficient (Wildman–Crippen LogP) is 2.30. The average molecular weight is 332 g/mol. The number of rotatable bonds is 4. The summed E-state index contributed by atoms with van der Waals surface area (Å²) < 4.78 is 6.53. The van der Waals surface area contributed by atoms with Crippen molar-refractivity contribution in [1.82, 2.24) is 14.8 Å². The zero-order valence-corrected chi connectivity index (χ0v) is 13.0. The first-order valence-corrected chi connectivity index (χ1v) is 7.24. The molecule has 1 aromatic heterocycles. The zero-order chi connectivity index (χ0) is 16.4. The van der Waals surface area contributed by atoms with Crippen LogP contribution in [0.3, 0.4) is 0 Å². The first kappa shape index (κ1) is 15.3. The Labute approximate surface area is 136 Å². The van der Waals surface area contributed by atoms with Crippen molar-refractivity contribution >= 4 is 11.6 Å². The zero-order valence-electron chi connectivity index (χ0n) is 12.2. The van der Waals surface area contributed by atoms with Crippen LogP contribution in [0.2, 0.25) is 5.02 Å². The van der Waals surface area contributed by atoms with E-state index in [1.165, 1.54) is 11.7 Å². The molecule has 0 saturated carbocycles. The van der Waals surface area contributed by atoms with Crippen LogP contribution in [0.5, 0.6) is 5.75 Å². The van der Waals surface area contributed by atoms with Gasteiger partial charge in [-0.3, -0.25) is 0 Å². The summed E-state index contributed by atoms with van der Waals surface area (Å²) in [5.41, 5.74) is 0.535. The summed E-state index contributed by atoms with van der Waals surface area (Å²) in [7, 11) is 1.49. The Balaban J connectivity index is 2.17. The molecule has 0 aliphatic carbocycles. The van der Waals surface area contributed by atoms with E-state index in [4.69, 9.17) is 16.3 Å². The van der Waals surface area contributed by atoms with Crippen LogP contribution in [0, 0.1) is 0 Å². The highest BCUT2D eigenvalue weighted by molar-refractivity contribution is 6.30. The van der Waals surface area contributed by atoms with E-state index in [1.54, 1.807) is 42.5 Å². The van der Waals surface area contributed by atoms with Gasteiger partial charge in [0.1, 0.15) is 11.9 Å². The summed E-state index contributed by atoms with van der Waals surface area (Å²) in [6.45, 7) is 0. The standard InChI is InChI=1S/C16H14ClN3O3/c1-23-13-8-7-11(17)9-12(13)20-15(18-19-16(20)22)14(21)10-5-3-2-4-6-10/h2-9,14,21H,1H3,(H,19,22). The fourth-order valence-electron chi connectivity index (χ4n) is 2.35. The molecule has 0 aliphatic rings. The first-order chi connectivity index (χ1) is 11.1. The minimum atomic E-state index is -1.07. The maximum absolute atomic E-state index is 12.2. The molecule has 118 valence electrons. The molecule has 2 aromatic carbocycles. The van der Waals surface area contributed by atoms with E-state index in [1.807, 2.05) is 6.07 Å². The molecule has 0 spiro atoms. The monoisotopic (exact) mass is 331 g/mol. The third-order valence-corrected chi connectivity index (χ3v) is 3.68. The van der Waals surface area contributed by atoms with Crippen molar-refractivity contribution in [2.45, 2.75) is 6.10 Å². The summed E-state index contributed by atoms with van der Waals surface area (Å²) in [5.74, 6) is 0.598. The number of aliphatic hydroxyl groups excluding tert-OH is 1. The Bertz CT molecular complexity index is 874. The van der Waals surface area contributed by atoms with E-state index in [0.29, 0.717) is 22.0 Å². The number of benzene rings is 2. The minimum Gasteiger partial charge on any atom is -0.495 e. The number of methoxy groups -OCH3 is 1. The first-order valence-electron chi connectivity index (χ1n) is 6.86. The lowest BCUT2D eigenvalue weighted by Crippen LogP contribution is -2.19. The van der Waals surface area contributed by atoms with Gasteiger partial charge in [0.2, 0.25) is 0 Å². The second kappa shape index (κ2) is 6.28. The van der Waals surface area contributed by atoms with Crippen LogP contribution in [0.1, 0.15) is 17.5 Å². The van der Waals surface area contributed by atoms with Gasteiger partial charge in [-0.05, 0) is 23.8 Å². The van der Waals surface area contributed by atoms with E-state index in [9.17, 15) is 9.90 Å². The van der Waals surface area contributed by atoms with Gasteiger partial charge in [0, 0.05) is 5.02 Å². The second-order valence-corrected chi connectivity index (χ2v) is 5.29. The number of aliphatic hydroxyl groups is 1. The molecule has 1 atom stereocenters. The van der Waals surface area contributed by atoms with Crippen molar-refractivity contribution in [2.75, 3.05) is 7.11 Å². The van der Waals surface area contributed by atoms with Crippen LogP contribution < -0.4 is 10.4 Å². The van der Waals surface area contributed by atoms with E-state index in [-0.39, 0.29) is 5.82 Å². The van der Waals surface area contributed by atoms with Crippen LogP contribution in [-0.4, -0.2) is 27.0 Å². The quantitative estimate of drug-likeness (QED) is 0.768. The van der Waals surface area contributed by atoms with Crippen LogP contribution in [-0.2, 0) is 0 Å². The van der Waals surface area contributed by atoms with Gasteiger partial charge in [-0.15, -0.1) is 0 Å². The number of halogens is 1. The van der Waals surface area contributed by atoms with Gasteiger partial charge in [0.15, 0.2) is 5.82 Å². The number of nitrogens with one attached hydrogen (secondary N) is 1.